The molecule has 1 N–H and O–H groups in total. The summed E-state index contributed by atoms with van der Waals surface area (Å²) in [6.45, 7) is 5.49. The normalized spacial score (nSPS) is 17.1. The molecule has 4 rings (SSSR count). The van der Waals surface area contributed by atoms with Crippen LogP contribution in [0.3, 0.4) is 0 Å². The van der Waals surface area contributed by atoms with Crippen molar-refractivity contribution in [3.63, 3.8) is 0 Å². The third kappa shape index (κ3) is 6.33. The van der Waals surface area contributed by atoms with Crippen molar-refractivity contribution in [1.82, 2.24) is 10.2 Å². The van der Waals surface area contributed by atoms with Crippen molar-refractivity contribution in [2.24, 2.45) is 0 Å². The van der Waals surface area contributed by atoms with Crippen molar-refractivity contribution in [2.75, 3.05) is 20.3 Å². The van der Waals surface area contributed by atoms with Crippen LogP contribution in [0.5, 0.6) is 11.5 Å². The number of carbonyl (C=O) groups excluding carboxylic acids is 2. The van der Waals surface area contributed by atoms with Gasteiger partial charge in [-0.2, -0.15) is 13.2 Å². The first-order valence-corrected chi connectivity index (χ1v) is 14.2. The van der Waals surface area contributed by atoms with E-state index in [0.717, 1.165) is 11.0 Å². The number of ether oxygens (including phenoxy) is 2. The molecule has 0 spiro atoms. The molecular formula is C31H34F4N2O6. The molecule has 232 valence electrons. The number of benzene rings is 2. The summed E-state index contributed by atoms with van der Waals surface area (Å²) in [5.41, 5.74) is -2.46. The van der Waals surface area contributed by atoms with Crippen LogP contribution < -0.4 is 20.4 Å². The molecule has 3 amide bonds. The Kier molecular flexibility index (Phi) is 9.36. The lowest BCUT2D eigenvalue weighted by Gasteiger charge is -2.22. The van der Waals surface area contributed by atoms with Crippen LogP contribution in [-0.2, 0) is 29.4 Å². The predicted molar refractivity (Wildman–Crippen MR) is 151 cm³/mol. The molecule has 0 aliphatic carbocycles. The summed E-state index contributed by atoms with van der Waals surface area (Å²) in [5, 5.41) is 2.46. The summed E-state index contributed by atoms with van der Waals surface area (Å²) in [6.07, 6.45) is -1.95. The minimum absolute atomic E-state index is 0.0134. The highest BCUT2D eigenvalue weighted by Gasteiger charge is 2.49. The summed E-state index contributed by atoms with van der Waals surface area (Å²) >= 11 is 0. The minimum atomic E-state index is -4.74. The van der Waals surface area contributed by atoms with E-state index in [1.54, 1.807) is 0 Å². The number of hydrogen-bond acceptors (Lipinski definition) is 6. The van der Waals surface area contributed by atoms with Gasteiger partial charge in [-0.25, -0.2) is 14.0 Å². The number of nitrogens with zero attached hydrogens (tertiary/aromatic N) is 1. The molecule has 0 radical (unpaired) electrons. The van der Waals surface area contributed by atoms with Crippen LogP contribution in [0, 0.1) is 5.82 Å². The molecule has 12 heteroatoms. The average Bonchev–Trinajstić information content (AvgIpc) is 3.17. The zero-order chi connectivity index (χ0) is 31.5. The SMILES string of the molecule is CCCc1cc2c(C(F)(F)F)cc(=O)oc2c(CCC)c1OCCCCN1C(=O)NC(C)(c2ccc(OC)c(F)c2)C1=O. The lowest BCUT2D eigenvalue weighted by Crippen LogP contribution is -2.41. The molecule has 1 aromatic heterocycles. The van der Waals surface area contributed by atoms with Crippen molar-refractivity contribution in [1.29, 1.82) is 0 Å². The van der Waals surface area contributed by atoms with Gasteiger partial charge in [0.2, 0.25) is 0 Å². The van der Waals surface area contributed by atoms with Crippen LogP contribution in [-0.4, -0.2) is 37.1 Å². The number of carbonyl (C=O) groups is 2. The number of nitrogens with one attached hydrogen (secondary N) is 1. The Morgan fingerprint density at radius 2 is 1.74 bits per heavy atom. The van der Waals surface area contributed by atoms with Gasteiger partial charge in [0.15, 0.2) is 11.6 Å². The van der Waals surface area contributed by atoms with Crippen LogP contribution in [0.1, 0.15) is 68.7 Å². The molecule has 1 atom stereocenters. The van der Waals surface area contributed by atoms with Crippen LogP contribution in [0.2, 0.25) is 0 Å². The fraction of sp³-hybridized carbons (Fsp3) is 0.452. The zero-order valence-electron chi connectivity index (χ0n) is 24.5. The summed E-state index contributed by atoms with van der Waals surface area (Å²) < 4.78 is 72.1. The number of aryl methyl sites for hydroxylation is 2. The van der Waals surface area contributed by atoms with Crippen molar-refractivity contribution in [2.45, 2.75) is 71.0 Å². The Hall–Kier alpha value is -4.09. The number of methoxy groups -OCH3 is 1. The highest BCUT2D eigenvalue weighted by Crippen LogP contribution is 2.40. The largest absolute Gasteiger partial charge is 0.494 e. The minimum Gasteiger partial charge on any atom is -0.494 e. The first-order valence-electron chi connectivity index (χ1n) is 14.2. The van der Waals surface area contributed by atoms with Crippen molar-refractivity contribution in [3.05, 3.63) is 68.8 Å². The van der Waals surface area contributed by atoms with E-state index in [0.29, 0.717) is 61.5 Å². The van der Waals surface area contributed by atoms with E-state index in [1.165, 1.54) is 32.2 Å². The number of imide groups is 1. The molecule has 1 aliphatic rings. The topological polar surface area (TPSA) is 98.1 Å². The van der Waals surface area contributed by atoms with E-state index >= 15 is 0 Å². The average molecular weight is 607 g/mol. The van der Waals surface area contributed by atoms with Gasteiger partial charge >= 0.3 is 17.8 Å². The van der Waals surface area contributed by atoms with Gasteiger partial charge in [-0.3, -0.25) is 9.69 Å². The number of fused-ring (bicyclic) bond motifs is 1. The van der Waals surface area contributed by atoms with E-state index in [4.69, 9.17) is 13.9 Å². The van der Waals surface area contributed by atoms with Gasteiger partial charge in [0.25, 0.3) is 5.91 Å². The van der Waals surface area contributed by atoms with Crippen LogP contribution >= 0.6 is 0 Å². The third-order valence-corrected chi connectivity index (χ3v) is 7.51. The van der Waals surface area contributed by atoms with Crippen molar-refractivity contribution in [3.8, 4) is 11.5 Å². The standard InChI is InChI=1S/C31H34F4N2O6/c1-5-9-18-15-21-22(31(33,34)35)17-25(38)43-27(21)20(10-6-2)26(18)42-14-8-7-13-37-28(39)30(3,36-29(37)40)19-11-12-24(41-4)23(32)16-19/h11-12,15-17H,5-10,13-14H2,1-4H3,(H,36,40). The highest BCUT2D eigenvalue weighted by atomic mass is 19.4. The molecule has 1 fully saturated rings. The number of halogens is 4. The number of unbranched alkanes of at least 4 members (excludes halogenated alkanes) is 1. The van der Waals surface area contributed by atoms with E-state index < -0.39 is 40.7 Å². The molecule has 3 aromatic rings. The first-order chi connectivity index (χ1) is 20.3. The fourth-order valence-corrected chi connectivity index (χ4v) is 5.37. The van der Waals surface area contributed by atoms with Gasteiger partial charge in [-0.05, 0) is 61.9 Å². The van der Waals surface area contributed by atoms with Crippen LogP contribution in [0.25, 0.3) is 11.0 Å². The molecule has 2 heterocycles. The van der Waals surface area contributed by atoms with Gasteiger partial charge in [0.05, 0.1) is 19.3 Å². The van der Waals surface area contributed by atoms with Crippen molar-refractivity contribution >= 4 is 22.9 Å². The molecule has 1 saturated heterocycles. The lowest BCUT2D eigenvalue weighted by molar-refractivity contribution is -0.136. The van der Waals surface area contributed by atoms with Gasteiger partial charge in [0.1, 0.15) is 16.9 Å². The maximum absolute atomic E-state index is 14.3. The van der Waals surface area contributed by atoms with E-state index in [-0.39, 0.29) is 35.4 Å². The second kappa shape index (κ2) is 12.6. The summed E-state index contributed by atoms with van der Waals surface area (Å²) in [4.78, 5) is 39.1. The molecule has 2 aromatic carbocycles. The zero-order valence-corrected chi connectivity index (χ0v) is 24.5. The first kappa shape index (κ1) is 31.8. The fourth-order valence-electron chi connectivity index (χ4n) is 5.37. The number of urea groups is 1. The highest BCUT2D eigenvalue weighted by molar-refractivity contribution is 6.07. The molecule has 8 nitrogen and oxygen atoms in total. The third-order valence-electron chi connectivity index (χ3n) is 7.51. The van der Waals surface area contributed by atoms with E-state index in [1.807, 2.05) is 13.8 Å². The van der Waals surface area contributed by atoms with E-state index in [2.05, 4.69) is 5.32 Å². The summed E-state index contributed by atoms with van der Waals surface area (Å²) in [7, 11) is 1.32. The second-order valence-electron chi connectivity index (χ2n) is 10.6. The molecule has 1 aliphatic heterocycles. The maximum Gasteiger partial charge on any atom is 0.417 e. The van der Waals surface area contributed by atoms with Crippen LogP contribution in [0.4, 0.5) is 22.4 Å². The monoisotopic (exact) mass is 606 g/mol. The molecule has 0 saturated carbocycles. The summed E-state index contributed by atoms with van der Waals surface area (Å²) in [5.74, 6) is -0.780. The lowest BCUT2D eigenvalue weighted by atomic mass is 9.92. The number of rotatable bonds is 12. The Bertz CT molecular complexity index is 1590. The van der Waals surface area contributed by atoms with Gasteiger partial charge in [-0.15, -0.1) is 0 Å². The van der Waals surface area contributed by atoms with E-state index in [9.17, 15) is 31.9 Å². The smallest absolute Gasteiger partial charge is 0.417 e. The molecule has 1 unspecified atom stereocenters. The number of hydrogen-bond donors (Lipinski definition) is 1. The molecule has 43 heavy (non-hydrogen) atoms. The van der Waals surface area contributed by atoms with Gasteiger partial charge in [-0.1, -0.05) is 32.8 Å². The number of alkyl halides is 3. The Balaban J connectivity index is 1.50. The number of amides is 3. The van der Waals surface area contributed by atoms with Gasteiger partial charge in [0, 0.05) is 23.6 Å². The Morgan fingerprint density at radius 1 is 1.02 bits per heavy atom. The van der Waals surface area contributed by atoms with Crippen LogP contribution in [0.15, 0.2) is 39.5 Å². The predicted octanol–water partition coefficient (Wildman–Crippen LogP) is 6.49. The quantitative estimate of drug-likeness (QED) is 0.110. The van der Waals surface area contributed by atoms with Crippen molar-refractivity contribution < 1.29 is 41.0 Å². The molecular weight excluding hydrogens is 572 g/mol. The Labute approximate surface area is 245 Å². The Morgan fingerprint density at radius 3 is 2.37 bits per heavy atom. The maximum atomic E-state index is 14.3. The van der Waals surface area contributed by atoms with Gasteiger partial charge < -0.3 is 19.2 Å². The second-order valence-corrected chi connectivity index (χ2v) is 10.6. The molecule has 0 bridgehead atoms. The summed E-state index contributed by atoms with van der Waals surface area (Å²) in [6, 6.07) is 5.30.